The molecule has 9 nitrogen and oxygen atoms in total. The summed E-state index contributed by atoms with van der Waals surface area (Å²) < 4.78 is 5.21. The van der Waals surface area contributed by atoms with Crippen LogP contribution in [-0.4, -0.2) is 44.8 Å². The molecular formula is C18H18N6O3S. The molecule has 0 bridgehead atoms. The summed E-state index contributed by atoms with van der Waals surface area (Å²) in [5.74, 6) is 0.328. The molecule has 144 valence electrons. The summed E-state index contributed by atoms with van der Waals surface area (Å²) >= 11 is 1.42. The van der Waals surface area contributed by atoms with Crippen LogP contribution in [0.1, 0.15) is 26.8 Å². The molecule has 3 aromatic rings. The Kier molecular flexibility index (Phi) is 5.40. The second-order valence-electron chi connectivity index (χ2n) is 6.25. The molecule has 2 N–H and O–H groups in total. The number of hydrogen-bond acceptors (Lipinski definition) is 8. The van der Waals surface area contributed by atoms with E-state index in [9.17, 15) is 9.59 Å². The van der Waals surface area contributed by atoms with E-state index in [1.54, 1.807) is 12.3 Å². The molecule has 0 spiro atoms. The predicted octanol–water partition coefficient (Wildman–Crippen LogP) is 1.45. The van der Waals surface area contributed by atoms with Gasteiger partial charge in [0.25, 0.3) is 5.91 Å². The Morgan fingerprint density at radius 2 is 2.25 bits per heavy atom. The second-order valence-corrected chi connectivity index (χ2v) is 7.33. The van der Waals surface area contributed by atoms with Gasteiger partial charge in [-0.05, 0) is 12.1 Å². The summed E-state index contributed by atoms with van der Waals surface area (Å²) in [5.41, 5.74) is 1.21. The molecule has 0 saturated heterocycles. The zero-order valence-electron chi connectivity index (χ0n) is 14.9. The highest BCUT2D eigenvalue weighted by atomic mass is 32.1. The molecule has 0 aromatic carbocycles. The Morgan fingerprint density at radius 3 is 3.04 bits per heavy atom. The van der Waals surface area contributed by atoms with Gasteiger partial charge in [-0.3, -0.25) is 24.8 Å². The van der Waals surface area contributed by atoms with Gasteiger partial charge >= 0.3 is 0 Å². The van der Waals surface area contributed by atoms with E-state index in [4.69, 9.17) is 4.42 Å². The highest BCUT2D eigenvalue weighted by molar-refractivity contribution is 7.15. The maximum atomic E-state index is 12.2. The Hall–Kier alpha value is -3.11. The lowest BCUT2D eigenvalue weighted by Gasteiger charge is -2.24. The van der Waals surface area contributed by atoms with E-state index < -0.39 is 0 Å². The van der Waals surface area contributed by atoms with Crippen LogP contribution in [0.25, 0.3) is 0 Å². The van der Waals surface area contributed by atoms with Crippen LogP contribution in [-0.2, 0) is 24.3 Å². The Bertz CT molecular complexity index is 957. The number of furan rings is 1. The maximum Gasteiger partial charge on any atom is 0.277 e. The number of thiazole rings is 1. The van der Waals surface area contributed by atoms with Gasteiger partial charge in [0, 0.05) is 36.8 Å². The third-order valence-electron chi connectivity index (χ3n) is 4.23. The lowest BCUT2D eigenvalue weighted by molar-refractivity contribution is -0.122. The van der Waals surface area contributed by atoms with Crippen molar-refractivity contribution in [3.8, 4) is 0 Å². The first-order chi connectivity index (χ1) is 13.7. The molecule has 4 heterocycles. The van der Waals surface area contributed by atoms with Crippen molar-refractivity contribution in [3.63, 3.8) is 0 Å². The van der Waals surface area contributed by atoms with Crippen LogP contribution >= 0.6 is 11.3 Å². The van der Waals surface area contributed by atoms with Gasteiger partial charge in [-0.15, -0.1) is 11.3 Å². The molecule has 0 aliphatic carbocycles. The number of aromatic nitrogens is 3. The predicted molar refractivity (Wildman–Crippen MR) is 102 cm³/mol. The minimum atomic E-state index is -0.339. The van der Waals surface area contributed by atoms with Crippen LogP contribution in [0.3, 0.4) is 0 Å². The van der Waals surface area contributed by atoms with E-state index in [0.29, 0.717) is 24.8 Å². The van der Waals surface area contributed by atoms with Crippen molar-refractivity contribution < 1.29 is 14.0 Å². The van der Waals surface area contributed by atoms with Crippen LogP contribution in [0.4, 0.5) is 5.13 Å². The van der Waals surface area contributed by atoms with Crippen molar-refractivity contribution in [2.24, 2.45) is 0 Å². The molecule has 0 fully saturated rings. The number of nitrogens with zero attached hydrogens (tertiary/aromatic N) is 4. The minimum Gasteiger partial charge on any atom is -0.467 e. The highest BCUT2D eigenvalue weighted by Gasteiger charge is 2.23. The second kappa shape index (κ2) is 8.28. The highest BCUT2D eigenvalue weighted by Crippen LogP contribution is 2.28. The van der Waals surface area contributed by atoms with Gasteiger partial charge in [-0.2, -0.15) is 0 Å². The number of anilines is 1. The summed E-state index contributed by atoms with van der Waals surface area (Å²) in [6, 6.07) is 3.61. The molecule has 10 heteroatoms. The lowest BCUT2D eigenvalue weighted by Crippen LogP contribution is -2.39. The molecule has 0 atom stereocenters. The normalized spacial score (nSPS) is 13.7. The van der Waals surface area contributed by atoms with Crippen molar-refractivity contribution in [2.75, 3.05) is 18.4 Å². The van der Waals surface area contributed by atoms with E-state index in [1.807, 2.05) is 6.07 Å². The van der Waals surface area contributed by atoms with E-state index in [-0.39, 0.29) is 17.5 Å². The van der Waals surface area contributed by atoms with Crippen molar-refractivity contribution in [3.05, 3.63) is 59.0 Å². The fraction of sp³-hybridized carbons (Fsp3) is 0.278. The summed E-state index contributed by atoms with van der Waals surface area (Å²) in [5, 5.41) is 6.15. The average molecular weight is 398 g/mol. The fourth-order valence-corrected chi connectivity index (χ4v) is 3.92. The quantitative estimate of drug-likeness (QED) is 0.646. The average Bonchev–Trinajstić information content (AvgIpc) is 3.36. The third kappa shape index (κ3) is 4.41. The van der Waals surface area contributed by atoms with Crippen LogP contribution in [0.15, 0.2) is 41.4 Å². The monoisotopic (exact) mass is 398 g/mol. The molecule has 2 amide bonds. The van der Waals surface area contributed by atoms with E-state index in [0.717, 1.165) is 29.3 Å². The Labute approximate surface area is 164 Å². The van der Waals surface area contributed by atoms with Gasteiger partial charge < -0.3 is 9.73 Å². The van der Waals surface area contributed by atoms with Gasteiger partial charge in [0.05, 0.1) is 31.2 Å². The van der Waals surface area contributed by atoms with E-state index >= 15 is 0 Å². The van der Waals surface area contributed by atoms with Crippen molar-refractivity contribution in [1.29, 1.82) is 0 Å². The summed E-state index contributed by atoms with van der Waals surface area (Å²) in [7, 11) is 0. The first-order valence-corrected chi connectivity index (χ1v) is 9.56. The molecule has 4 rings (SSSR count). The molecule has 1 aliphatic rings. The van der Waals surface area contributed by atoms with Gasteiger partial charge in [0.15, 0.2) is 5.13 Å². The van der Waals surface area contributed by atoms with Crippen LogP contribution in [0, 0.1) is 0 Å². The number of amides is 2. The van der Waals surface area contributed by atoms with Gasteiger partial charge in [-0.25, -0.2) is 9.97 Å². The zero-order chi connectivity index (χ0) is 19.3. The first-order valence-electron chi connectivity index (χ1n) is 8.75. The van der Waals surface area contributed by atoms with Gasteiger partial charge in [0.2, 0.25) is 5.91 Å². The molecule has 3 aromatic heterocycles. The van der Waals surface area contributed by atoms with Gasteiger partial charge in [-0.1, -0.05) is 0 Å². The SMILES string of the molecule is O=C(CN1CCc2nc(NC(=O)c3cnccn3)sc2C1)NCc1ccco1. The summed E-state index contributed by atoms with van der Waals surface area (Å²) in [4.78, 5) is 39.8. The Balaban J connectivity index is 1.31. The van der Waals surface area contributed by atoms with Crippen LogP contribution in [0.2, 0.25) is 0 Å². The maximum absolute atomic E-state index is 12.2. The number of carbonyl (C=O) groups is 2. The van der Waals surface area contributed by atoms with Crippen molar-refractivity contribution >= 4 is 28.3 Å². The molecular weight excluding hydrogens is 380 g/mol. The third-order valence-corrected chi connectivity index (χ3v) is 5.23. The number of fused-ring (bicyclic) bond motifs is 1. The largest absolute Gasteiger partial charge is 0.467 e. The molecule has 0 radical (unpaired) electrons. The molecule has 1 aliphatic heterocycles. The molecule has 28 heavy (non-hydrogen) atoms. The summed E-state index contributed by atoms with van der Waals surface area (Å²) in [6.45, 7) is 2.05. The van der Waals surface area contributed by atoms with Crippen LogP contribution in [0.5, 0.6) is 0 Å². The molecule has 0 saturated carbocycles. The van der Waals surface area contributed by atoms with Gasteiger partial charge in [0.1, 0.15) is 11.5 Å². The zero-order valence-corrected chi connectivity index (χ0v) is 15.7. The first kappa shape index (κ1) is 18.3. The van der Waals surface area contributed by atoms with Crippen molar-refractivity contribution in [2.45, 2.75) is 19.5 Å². The smallest absolute Gasteiger partial charge is 0.277 e. The van der Waals surface area contributed by atoms with Crippen LogP contribution < -0.4 is 10.6 Å². The topological polar surface area (TPSA) is 113 Å². The standard InChI is InChI=1S/C18H18N6O3S/c25-16(21-8-12-2-1-7-27-12)11-24-6-3-13-15(10-24)28-18(22-13)23-17(26)14-9-19-4-5-20-14/h1-2,4-5,7,9H,3,6,8,10-11H2,(H,21,25)(H,22,23,26). The molecule has 0 unspecified atom stereocenters. The van der Waals surface area contributed by atoms with E-state index in [1.165, 1.54) is 29.9 Å². The number of hydrogen-bond donors (Lipinski definition) is 2. The Morgan fingerprint density at radius 1 is 1.32 bits per heavy atom. The number of carbonyl (C=O) groups excluding carboxylic acids is 2. The van der Waals surface area contributed by atoms with E-state index in [2.05, 4.69) is 30.5 Å². The number of rotatable bonds is 6. The number of nitrogens with one attached hydrogen (secondary N) is 2. The summed E-state index contributed by atoms with van der Waals surface area (Å²) in [6.07, 6.45) is 6.71. The minimum absolute atomic E-state index is 0.0551. The van der Waals surface area contributed by atoms with Crippen molar-refractivity contribution in [1.82, 2.24) is 25.2 Å². The fourth-order valence-electron chi connectivity index (χ4n) is 2.87. The lowest BCUT2D eigenvalue weighted by atomic mass is 10.2.